The number of fused-ring (bicyclic) bond motifs is 1. The average molecular weight is 514 g/mol. The summed E-state index contributed by atoms with van der Waals surface area (Å²) >= 11 is 0. The van der Waals surface area contributed by atoms with Gasteiger partial charge in [-0.1, -0.05) is 12.1 Å². The number of carboxylic acid groups (broad SMARTS) is 1. The molecule has 0 bridgehead atoms. The number of piperidine rings is 1. The van der Waals surface area contributed by atoms with Gasteiger partial charge in [-0.15, -0.1) is 5.10 Å². The summed E-state index contributed by atoms with van der Waals surface area (Å²) in [5, 5.41) is 14.1. The maximum atomic E-state index is 13.1. The number of nitrogens with one attached hydrogen (secondary N) is 1. The van der Waals surface area contributed by atoms with E-state index in [1.165, 1.54) is 4.68 Å². The van der Waals surface area contributed by atoms with Crippen molar-refractivity contribution >= 4 is 16.9 Å². The molecule has 11 heteroatoms. The number of ether oxygens (including phenoxy) is 1. The Morgan fingerprint density at radius 3 is 2.65 bits per heavy atom. The fourth-order valence-electron chi connectivity index (χ4n) is 5.18. The van der Waals surface area contributed by atoms with Gasteiger partial charge in [0.05, 0.1) is 18.7 Å². The van der Waals surface area contributed by atoms with Crippen molar-refractivity contribution in [1.82, 2.24) is 24.6 Å². The van der Waals surface area contributed by atoms with Gasteiger partial charge < -0.3 is 14.8 Å². The second kappa shape index (κ2) is 9.55. The third-order valence-corrected chi connectivity index (χ3v) is 7.06. The van der Waals surface area contributed by atoms with Crippen LogP contribution in [0.2, 0.25) is 0 Å². The number of alkyl halides is 3. The van der Waals surface area contributed by atoms with Crippen molar-refractivity contribution in [3.8, 4) is 5.75 Å². The van der Waals surface area contributed by atoms with Gasteiger partial charge in [0, 0.05) is 41.8 Å². The Labute approximate surface area is 210 Å². The highest BCUT2D eigenvalue weighted by Crippen LogP contribution is 2.40. The molecule has 37 heavy (non-hydrogen) atoms. The summed E-state index contributed by atoms with van der Waals surface area (Å²) in [5.74, 6) is -1.42. The first-order chi connectivity index (χ1) is 17.7. The SMILES string of the molecule is COc1cc(C)c2[nH]ccc2c1CN1CC[C@@H](n2cnc(C(F)(F)F)n2)C[C@@H]1c1ccc(C(=O)O)cc1. The minimum absolute atomic E-state index is 0.169. The summed E-state index contributed by atoms with van der Waals surface area (Å²) in [6, 6.07) is 10.1. The van der Waals surface area contributed by atoms with Crippen LogP contribution in [-0.4, -0.2) is 49.4 Å². The number of nitrogens with zero attached hydrogens (tertiary/aromatic N) is 4. The number of aromatic amines is 1. The van der Waals surface area contributed by atoms with Crippen LogP contribution in [-0.2, 0) is 12.7 Å². The molecule has 2 aromatic carbocycles. The van der Waals surface area contributed by atoms with Gasteiger partial charge in [0.15, 0.2) is 0 Å². The molecule has 0 saturated carbocycles. The van der Waals surface area contributed by atoms with Crippen molar-refractivity contribution in [1.29, 1.82) is 0 Å². The first-order valence-electron chi connectivity index (χ1n) is 11.8. The van der Waals surface area contributed by atoms with Gasteiger partial charge in [0.2, 0.25) is 0 Å². The third-order valence-electron chi connectivity index (χ3n) is 7.06. The number of aromatic nitrogens is 4. The zero-order valence-electron chi connectivity index (χ0n) is 20.3. The molecule has 3 heterocycles. The van der Waals surface area contributed by atoms with E-state index in [4.69, 9.17) is 4.74 Å². The van der Waals surface area contributed by atoms with Gasteiger partial charge in [-0.25, -0.2) is 14.5 Å². The fourth-order valence-corrected chi connectivity index (χ4v) is 5.18. The molecule has 0 unspecified atom stereocenters. The zero-order chi connectivity index (χ0) is 26.3. The summed E-state index contributed by atoms with van der Waals surface area (Å²) in [6.45, 7) is 3.14. The summed E-state index contributed by atoms with van der Waals surface area (Å²) in [4.78, 5) is 20.4. The summed E-state index contributed by atoms with van der Waals surface area (Å²) < 4.78 is 46.3. The van der Waals surface area contributed by atoms with Gasteiger partial charge in [0.1, 0.15) is 12.1 Å². The van der Waals surface area contributed by atoms with Gasteiger partial charge in [-0.3, -0.25) is 4.90 Å². The summed E-state index contributed by atoms with van der Waals surface area (Å²) in [5.41, 5.74) is 4.14. The summed E-state index contributed by atoms with van der Waals surface area (Å²) in [6.07, 6.45) is -0.522. The van der Waals surface area contributed by atoms with Crippen LogP contribution in [0.5, 0.6) is 5.75 Å². The number of rotatable bonds is 6. The monoisotopic (exact) mass is 513 g/mol. The highest BCUT2D eigenvalue weighted by atomic mass is 19.4. The predicted molar refractivity (Wildman–Crippen MR) is 129 cm³/mol. The first-order valence-corrected chi connectivity index (χ1v) is 11.8. The lowest BCUT2D eigenvalue weighted by atomic mass is 9.90. The average Bonchev–Trinajstić information content (AvgIpc) is 3.56. The smallest absolute Gasteiger partial charge is 0.453 e. The molecular formula is C26H26F3N5O3. The number of methoxy groups -OCH3 is 1. The van der Waals surface area contributed by atoms with Crippen molar-refractivity contribution < 1.29 is 27.8 Å². The Balaban J connectivity index is 1.50. The van der Waals surface area contributed by atoms with E-state index in [0.29, 0.717) is 25.9 Å². The maximum Gasteiger partial charge on any atom is 0.453 e. The zero-order valence-corrected chi connectivity index (χ0v) is 20.3. The molecule has 0 aliphatic carbocycles. The Bertz CT molecular complexity index is 1430. The van der Waals surface area contributed by atoms with E-state index in [0.717, 1.165) is 39.7 Å². The molecule has 0 radical (unpaired) electrons. The standard InChI is InChI=1S/C26H26F3N5O3/c1-15-11-22(37-2)20(19-7-9-30-23(15)19)13-33-10-8-18(34-14-31-25(32-34)26(27,28)29)12-21(33)16-3-5-17(6-4-16)24(35)36/h3-7,9,11,14,18,21,30H,8,10,12-13H2,1-2H3,(H,35,36)/t18-,21-/m1/s1. The molecule has 8 nitrogen and oxygen atoms in total. The van der Waals surface area contributed by atoms with Crippen LogP contribution in [0.25, 0.3) is 10.9 Å². The van der Waals surface area contributed by atoms with E-state index in [9.17, 15) is 23.1 Å². The van der Waals surface area contributed by atoms with Crippen LogP contribution in [0.15, 0.2) is 48.9 Å². The van der Waals surface area contributed by atoms with Crippen molar-refractivity contribution in [3.05, 3.63) is 77.0 Å². The van der Waals surface area contributed by atoms with E-state index < -0.39 is 18.0 Å². The second-order valence-electron chi connectivity index (χ2n) is 9.28. The molecule has 1 aliphatic heterocycles. The minimum atomic E-state index is -4.61. The van der Waals surface area contributed by atoms with E-state index >= 15 is 0 Å². The Kier molecular flexibility index (Phi) is 6.40. The number of H-pyrrole nitrogens is 1. The molecule has 2 atom stereocenters. The Morgan fingerprint density at radius 2 is 2.00 bits per heavy atom. The van der Waals surface area contributed by atoms with Crippen LogP contribution in [0.4, 0.5) is 13.2 Å². The molecule has 194 valence electrons. The topological polar surface area (TPSA) is 96.3 Å². The number of carbonyl (C=O) groups is 1. The molecule has 0 spiro atoms. The Hall–Kier alpha value is -3.86. The highest BCUT2D eigenvalue weighted by Gasteiger charge is 2.38. The number of hydrogen-bond donors (Lipinski definition) is 2. The van der Waals surface area contributed by atoms with Crippen LogP contribution in [0, 0.1) is 6.92 Å². The normalized spacial score (nSPS) is 18.8. The molecule has 2 aromatic heterocycles. The van der Waals surface area contributed by atoms with Gasteiger partial charge in [-0.2, -0.15) is 13.2 Å². The van der Waals surface area contributed by atoms with E-state index in [1.54, 1.807) is 31.4 Å². The van der Waals surface area contributed by atoms with Crippen LogP contribution >= 0.6 is 0 Å². The largest absolute Gasteiger partial charge is 0.496 e. The number of benzene rings is 2. The lowest BCUT2D eigenvalue weighted by molar-refractivity contribution is -0.145. The van der Waals surface area contributed by atoms with E-state index in [-0.39, 0.29) is 17.6 Å². The molecule has 1 aliphatic rings. The first kappa shape index (κ1) is 24.8. The molecule has 5 rings (SSSR count). The maximum absolute atomic E-state index is 13.1. The number of aryl methyl sites for hydroxylation is 1. The van der Waals surface area contributed by atoms with Crippen molar-refractivity contribution in [2.45, 2.75) is 44.6 Å². The second-order valence-corrected chi connectivity index (χ2v) is 9.28. The van der Waals surface area contributed by atoms with Crippen molar-refractivity contribution in [2.24, 2.45) is 0 Å². The molecule has 1 saturated heterocycles. The lowest BCUT2D eigenvalue weighted by Crippen LogP contribution is -2.37. The van der Waals surface area contributed by atoms with E-state index in [2.05, 4.69) is 20.0 Å². The fraction of sp³-hybridized carbons (Fsp3) is 0.346. The molecule has 0 amide bonds. The molecular weight excluding hydrogens is 487 g/mol. The predicted octanol–water partition coefficient (Wildman–Crippen LogP) is 5.37. The van der Waals surface area contributed by atoms with Gasteiger partial charge >= 0.3 is 12.1 Å². The minimum Gasteiger partial charge on any atom is -0.496 e. The van der Waals surface area contributed by atoms with Crippen molar-refractivity contribution in [2.75, 3.05) is 13.7 Å². The van der Waals surface area contributed by atoms with Crippen LogP contribution in [0.3, 0.4) is 0 Å². The molecule has 2 N–H and O–H groups in total. The number of aromatic carboxylic acids is 1. The third kappa shape index (κ3) is 4.78. The van der Waals surface area contributed by atoms with Gasteiger partial charge in [0.25, 0.3) is 5.82 Å². The molecule has 4 aromatic rings. The number of carboxylic acids is 1. The number of hydrogen-bond acceptors (Lipinski definition) is 5. The summed E-state index contributed by atoms with van der Waals surface area (Å²) in [7, 11) is 1.63. The van der Waals surface area contributed by atoms with Crippen LogP contribution < -0.4 is 4.74 Å². The molecule has 1 fully saturated rings. The van der Waals surface area contributed by atoms with Crippen LogP contribution in [0.1, 0.15) is 57.8 Å². The number of halogens is 3. The lowest BCUT2D eigenvalue weighted by Gasteiger charge is -2.40. The van der Waals surface area contributed by atoms with Gasteiger partial charge in [-0.05, 0) is 55.2 Å². The Morgan fingerprint density at radius 1 is 1.24 bits per heavy atom. The highest BCUT2D eigenvalue weighted by molar-refractivity contribution is 5.88. The van der Waals surface area contributed by atoms with E-state index in [1.807, 2.05) is 25.3 Å². The quantitative estimate of drug-likeness (QED) is 0.360. The van der Waals surface area contributed by atoms with Crippen molar-refractivity contribution in [3.63, 3.8) is 0 Å². The number of likely N-dealkylation sites (tertiary alicyclic amines) is 1.